The van der Waals surface area contributed by atoms with Crippen LogP contribution in [0.3, 0.4) is 0 Å². The fourth-order valence-corrected chi connectivity index (χ4v) is 10.7. The van der Waals surface area contributed by atoms with Gasteiger partial charge in [0.25, 0.3) is 0 Å². The van der Waals surface area contributed by atoms with Crippen LogP contribution < -0.4 is 0 Å². The molecule has 0 saturated carbocycles. The van der Waals surface area contributed by atoms with E-state index in [4.69, 9.17) is 7.98 Å². The normalized spacial score (nSPS) is 14.4. The van der Waals surface area contributed by atoms with Gasteiger partial charge in [0.1, 0.15) is 0 Å². The third-order valence-electron chi connectivity index (χ3n) is 13.1. The molecule has 1 aliphatic rings. The third-order valence-corrected chi connectivity index (χ3v) is 13.1. The Hall–Kier alpha value is -6.45. The summed E-state index contributed by atoms with van der Waals surface area (Å²) in [7, 11) is 7.60. The third kappa shape index (κ3) is 5.37. The van der Waals surface area contributed by atoms with Crippen LogP contribution in [-0.2, 0) is 6.42 Å². The zero-order chi connectivity index (χ0) is 40.1. The second-order valence-corrected chi connectivity index (χ2v) is 16.9. The molecule has 1 aliphatic heterocycles. The minimum Gasteiger partial charge on any atom is -0.354 e. The van der Waals surface area contributed by atoms with E-state index in [2.05, 4.69) is 173 Å². The van der Waals surface area contributed by atoms with Gasteiger partial charge in [-0.25, -0.2) is 0 Å². The van der Waals surface area contributed by atoms with Crippen molar-refractivity contribution in [3.8, 4) is 11.3 Å². The first kappa shape index (κ1) is 35.7. The van der Waals surface area contributed by atoms with E-state index in [0.717, 1.165) is 48.4 Å². The van der Waals surface area contributed by atoms with Crippen molar-refractivity contribution in [3.63, 3.8) is 0 Å². The van der Waals surface area contributed by atoms with Crippen LogP contribution in [0.25, 0.3) is 81.5 Å². The van der Waals surface area contributed by atoms with Crippen molar-refractivity contribution in [1.29, 1.82) is 0 Å². The molecular weight excluding hydrogens is 711 g/mol. The molecule has 0 amide bonds. The maximum Gasteiger partial charge on any atom is 0.587 e. The first-order chi connectivity index (χ1) is 28.8. The molecule has 11 rings (SSSR count). The van der Waals surface area contributed by atoms with Crippen molar-refractivity contribution in [1.82, 2.24) is 4.98 Å². The molecule has 0 fully saturated rings. The summed E-state index contributed by atoms with van der Waals surface area (Å²) >= 11 is 0. The molecule has 282 valence electrons. The van der Waals surface area contributed by atoms with Gasteiger partial charge >= 0.3 is 7.98 Å². The summed E-state index contributed by atoms with van der Waals surface area (Å²) in [6.07, 6.45) is 6.34. The summed E-state index contributed by atoms with van der Waals surface area (Å²) in [6.45, 7) is 11.3. The Balaban J connectivity index is 1.20. The molecule has 2 nitrogen and oxygen atoms in total. The van der Waals surface area contributed by atoms with Gasteiger partial charge in [-0.15, -0.1) is 0 Å². The molecule has 0 bridgehead atoms. The second-order valence-electron chi connectivity index (χ2n) is 16.9. The second kappa shape index (κ2) is 13.6. The van der Waals surface area contributed by atoms with Crippen molar-refractivity contribution in [2.45, 2.75) is 60.3 Å². The lowest BCUT2D eigenvalue weighted by Gasteiger charge is -2.16. The maximum atomic E-state index is 7.60. The highest BCUT2D eigenvalue weighted by atomic mass is 15.0. The van der Waals surface area contributed by atoms with Crippen molar-refractivity contribution >= 4 is 83.9 Å². The number of rotatable bonds is 8. The van der Waals surface area contributed by atoms with Crippen molar-refractivity contribution in [3.05, 3.63) is 184 Å². The molecule has 0 unspecified atom stereocenters. The Morgan fingerprint density at radius 3 is 1.61 bits per heavy atom. The SMILES string of the molecule is [B][N+]1=C(c2ccc3ccc4cccc5ccc2c3c45)C(CCC)=C/C1=C(/c1cc(CCC)c(-c2ccc3ccc4cccc5ccc2c3c45)[nH]1)c1c(C)cc(C)cc1C. The van der Waals surface area contributed by atoms with Gasteiger partial charge in [-0.2, -0.15) is 0 Å². The molecule has 59 heavy (non-hydrogen) atoms. The van der Waals surface area contributed by atoms with E-state index in [0.29, 0.717) is 0 Å². The van der Waals surface area contributed by atoms with Crippen molar-refractivity contribution in [2.75, 3.05) is 0 Å². The molecule has 0 saturated heterocycles. The summed E-state index contributed by atoms with van der Waals surface area (Å²) in [5.74, 6) is 0. The number of nitrogens with one attached hydrogen (secondary N) is 1. The van der Waals surface area contributed by atoms with Gasteiger partial charge in [-0.1, -0.05) is 148 Å². The monoisotopic (exact) mass is 757 g/mol. The first-order valence-electron chi connectivity index (χ1n) is 21.3. The topological polar surface area (TPSA) is 18.8 Å². The molecule has 1 N–H and O–H groups in total. The summed E-state index contributed by atoms with van der Waals surface area (Å²) in [5.41, 5.74) is 15.5. The number of aryl methyl sites for hydroxylation is 4. The molecule has 3 heteroatoms. The smallest absolute Gasteiger partial charge is 0.354 e. The van der Waals surface area contributed by atoms with E-state index in [1.165, 1.54) is 115 Å². The Bertz CT molecular complexity index is 3390. The minimum atomic E-state index is 0.924. The largest absolute Gasteiger partial charge is 0.587 e. The molecule has 10 aromatic rings. The van der Waals surface area contributed by atoms with Gasteiger partial charge in [-0.05, 0) is 133 Å². The highest BCUT2D eigenvalue weighted by molar-refractivity contribution is 6.30. The van der Waals surface area contributed by atoms with Crippen LogP contribution >= 0.6 is 0 Å². The van der Waals surface area contributed by atoms with Gasteiger partial charge in [0.2, 0.25) is 0 Å². The molecule has 9 aromatic carbocycles. The Morgan fingerprint density at radius 2 is 1.05 bits per heavy atom. The summed E-state index contributed by atoms with van der Waals surface area (Å²) < 4.78 is 2.02. The number of benzene rings is 9. The summed E-state index contributed by atoms with van der Waals surface area (Å²) in [4.78, 5) is 4.11. The quantitative estimate of drug-likeness (QED) is 0.118. The maximum absolute atomic E-state index is 7.60. The average Bonchev–Trinajstić information content (AvgIpc) is 3.80. The summed E-state index contributed by atoms with van der Waals surface area (Å²) in [6, 6.07) is 47.8. The van der Waals surface area contributed by atoms with Gasteiger partial charge in [0.15, 0.2) is 11.4 Å². The fourth-order valence-electron chi connectivity index (χ4n) is 10.7. The minimum absolute atomic E-state index is 0.924. The van der Waals surface area contributed by atoms with Crippen molar-refractivity contribution in [2.24, 2.45) is 0 Å². The number of aromatic nitrogens is 1. The van der Waals surface area contributed by atoms with E-state index < -0.39 is 0 Å². The lowest BCUT2D eigenvalue weighted by atomic mass is 9.88. The van der Waals surface area contributed by atoms with E-state index in [-0.39, 0.29) is 0 Å². The van der Waals surface area contributed by atoms with Crippen LogP contribution in [0.2, 0.25) is 0 Å². The fraction of sp³-hybridized carbons (Fsp3) is 0.161. The van der Waals surface area contributed by atoms with Gasteiger partial charge in [-0.3, -0.25) is 4.49 Å². The predicted molar refractivity (Wildman–Crippen MR) is 254 cm³/mol. The number of hydrogen-bond donors (Lipinski definition) is 1. The first-order valence-corrected chi connectivity index (χ1v) is 21.3. The van der Waals surface area contributed by atoms with Crippen molar-refractivity contribution < 1.29 is 4.49 Å². The van der Waals surface area contributed by atoms with Crippen LogP contribution in [0.15, 0.2) is 145 Å². The zero-order valence-corrected chi connectivity index (χ0v) is 34.6. The lowest BCUT2D eigenvalue weighted by molar-refractivity contribution is -0.299. The Labute approximate surface area is 347 Å². The zero-order valence-electron chi connectivity index (χ0n) is 34.6. The van der Waals surface area contributed by atoms with Crippen LogP contribution in [0.1, 0.15) is 72.2 Å². The van der Waals surface area contributed by atoms with Crippen LogP contribution in [-0.4, -0.2) is 23.2 Å². The van der Waals surface area contributed by atoms with E-state index in [1.807, 2.05) is 4.49 Å². The molecular formula is C56H46BN2+. The highest BCUT2D eigenvalue weighted by Gasteiger charge is 2.34. The number of allylic oxidation sites excluding steroid dienone is 2. The Kier molecular flexibility index (Phi) is 8.21. The molecule has 2 heterocycles. The molecule has 1 aromatic heterocycles. The molecule has 0 atom stereocenters. The number of hydrogen-bond acceptors (Lipinski definition) is 0. The summed E-state index contributed by atoms with van der Waals surface area (Å²) in [5, 5.41) is 15.5. The van der Waals surface area contributed by atoms with Crippen LogP contribution in [0.5, 0.6) is 0 Å². The van der Waals surface area contributed by atoms with Crippen LogP contribution in [0.4, 0.5) is 0 Å². The van der Waals surface area contributed by atoms with E-state index >= 15 is 0 Å². The number of aromatic amines is 1. The number of nitrogens with zero attached hydrogens (tertiary/aromatic N) is 1. The molecule has 0 spiro atoms. The predicted octanol–water partition coefficient (Wildman–Crippen LogP) is 14.4. The van der Waals surface area contributed by atoms with Gasteiger partial charge in [0, 0.05) is 22.9 Å². The number of H-pyrrole nitrogens is 1. The standard InChI is InChI=1S/C56H46BN2/c1-6-10-41-30-47(58-55(41)45-26-22-39-18-16-35-12-8-14-37-20-24-43(45)52(39)50(35)37)54(49-33(4)28-32(3)29-34(49)5)48-31-42(11-7-2)56(59(48)57)46-27-23-40-19-17-36-13-9-15-38-21-25-44(46)53(40)51(36)38/h8-9,12-31,58H,6-7,10-11H2,1-5H3/q+1. The van der Waals surface area contributed by atoms with Crippen LogP contribution in [0, 0.1) is 20.8 Å². The van der Waals surface area contributed by atoms with Gasteiger partial charge < -0.3 is 4.98 Å². The molecule has 2 radical (unpaired) electrons. The van der Waals surface area contributed by atoms with Gasteiger partial charge in [0.05, 0.1) is 16.8 Å². The lowest BCUT2D eigenvalue weighted by Crippen LogP contribution is -2.17. The average molecular weight is 758 g/mol. The Morgan fingerprint density at radius 1 is 0.559 bits per heavy atom. The molecule has 0 aliphatic carbocycles. The van der Waals surface area contributed by atoms with E-state index in [9.17, 15) is 0 Å². The highest BCUT2D eigenvalue weighted by Crippen LogP contribution is 2.44. The van der Waals surface area contributed by atoms with E-state index in [1.54, 1.807) is 0 Å².